The lowest BCUT2D eigenvalue weighted by Gasteiger charge is -2.09. The van der Waals surface area contributed by atoms with E-state index in [1.807, 2.05) is 12.1 Å². The van der Waals surface area contributed by atoms with Gasteiger partial charge < -0.3 is 15.2 Å². The van der Waals surface area contributed by atoms with E-state index in [1.54, 1.807) is 0 Å². The number of hydrogen-bond acceptors (Lipinski definition) is 3. The first-order chi connectivity index (χ1) is 7.84. The number of ether oxygens (including phenoxy) is 2. The normalized spacial score (nSPS) is 20.1. The average molecular weight is 221 g/mol. The molecule has 1 aliphatic heterocycles. The highest BCUT2D eigenvalue weighted by Gasteiger charge is 2.15. The summed E-state index contributed by atoms with van der Waals surface area (Å²) >= 11 is 0. The molecule has 88 valence electrons. The molecule has 16 heavy (non-hydrogen) atoms. The molecule has 1 aromatic rings. The summed E-state index contributed by atoms with van der Waals surface area (Å²) in [6, 6.07) is 8.05. The number of anilines is 1. The number of hydrogen-bond donors (Lipinski definition) is 1. The van der Waals surface area contributed by atoms with Crippen LogP contribution in [0.1, 0.15) is 18.4 Å². The molecule has 1 atom stereocenters. The Morgan fingerprint density at radius 1 is 1.31 bits per heavy atom. The first-order valence-electron chi connectivity index (χ1n) is 5.88. The first-order valence-corrected chi connectivity index (χ1v) is 5.88. The second-order valence-corrected chi connectivity index (χ2v) is 4.20. The molecule has 1 aliphatic rings. The van der Waals surface area contributed by atoms with Crippen LogP contribution in [-0.4, -0.2) is 25.9 Å². The number of nitrogens with two attached hydrogens (primary N) is 1. The van der Waals surface area contributed by atoms with Gasteiger partial charge in [-0.05, 0) is 37.0 Å². The fraction of sp³-hybridized carbons (Fsp3) is 0.538. The van der Waals surface area contributed by atoms with E-state index in [1.165, 1.54) is 5.56 Å². The van der Waals surface area contributed by atoms with Gasteiger partial charge in [-0.2, -0.15) is 0 Å². The molecule has 2 N–H and O–H groups in total. The molecular formula is C13H19NO2. The Bertz CT molecular complexity index is 304. The van der Waals surface area contributed by atoms with Crippen LogP contribution in [0.4, 0.5) is 5.69 Å². The molecule has 0 aliphatic carbocycles. The van der Waals surface area contributed by atoms with Crippen LogP contribution in [0, 0.1) is 0 Å². The molecule has 1 heterocycles. The molecule has 3 heteroatoms. The summed E-state index contributed by atoms with van der Waals surface area (Å²) in [5.41, 5.74) is 7.77. The molecule has 0 amide bonds. The van der Waals surface area contributed by atoms with Gasteiger partial charge in [0.15, 0.2) is 0 Å². The van der Waals surface area contributed by atoms with Gasteiger partial charge in [-0.1, -0.05) is 12.1 Å². The van der Waals surface area contributed by atoms with Crippen LogP contribution in [-0.2, 0) is 15.9 Å². The fourth-order valence-electron chi connectivity index (χ4n) is 1.85. The van der Waals surface area contributed by atoms with E-state index in [0.29, 0.717) is 6.10 Å². The van der Waals surface area contributed by atoms with Crippen LogP contribution < -0.4 is 5.73 Å². The van der Waals surface area contributed by atoms with Gasteiger partial charge in [0.25, 0.3) is 0 Å². The van der Waals surface area contributed by atoms with Gasteiger partial charge in [-0.25, -0.2) is 0 Å². The van der Waals surface area contributed by atoms with E-state index < -0.39 is 0 Å². The second kappa shape index (κ2) is 5.87. The molecular weight excluding hydrogens is 202 g/mol. The van der Waals surface area contributed by atoms with Gasteiger partial charge in [0.05, 0.1) is 12.7 Å². The topological polar surface area (TPSA) is 44.5 Å². The van der Waals surface area contributed by atoms with Crippen LogP contribution in [0.5, 0.6) is 0 Å². The highest BCUT2D eigenvalue weighted by Crippen LogP contribution is 2.10. The third kappa shape index (κ3) is 3.51. The Morgan fingerprint density at radius 2 is 2.12 bits per heavy atom. The molecule has 3 nitrogen and oxygen atoms in total. The number of rotatable bonds is 5. The molecule has 2 rings (SSSR count). The van der Waals surface area contributed by atoms with Crippen molar-refractivity contribution < 1.29 is 9.47 Å². The molecule has 1 saturated heterocycles. The summed E-state index contributed by atoms with van der Waals surface area (Å²) in [4.78, 5) is 0. The van der Waals surface area contributed by atoms with E-state index in [-0.39, 0.29) is 0 Å². The molecule has 1 fully saturated rings. The summed E-state index contributed by atoms with van der Waals surface area (Å²) in [6.45, 7) is 2.43. The van der Waals surface area contributed by atoms with E-state index in [4.69, 9.17) is 15.2 Å². The Kier molecular flexibility index (Phi) is 4.19. The van der Waals surface area contributed by atoms with Crippen LogP contribution >= 0.6 is 0 Å². The summed E-state index contributed by atoms with van der Waals surface area (Å²) in [5.74, 6) is 0. The van der Waals surface area contributed by atoms with Gasteiger partial charge >= 0.3 is 0 Å². The SMILES string of the molecule is Nc1ccc(CCCOC2CCOC2)cc1. The minimum Gasteiger partial charge on any atom is -0.399 e. The van der Waals surface area contributed by atoms with Crippen LogP contribution in [0.3, 0.4) is 0 Å². The Labute approximate surface area is 96.5 Å². The molecule has 1 aromatic carbocycles. The Morgan fingerprint density at radius 3 is 2.81 bits per heavy atom. The minimum atomic E-state index is 0.325. The number of benzene rings is 1. The third-order valence-electron chi connectivity index (χ3n) is 2.83. The fourth-order valence-corrected chi connectivity index (χ4v) is 1.85. The molecule has 0 aromatic heterocycles. The van der Waals surface area contributed by atoms with E-state index in [0.717, 1.165) is 44.8 Å². The van der Waals surface area contributed by atoms with E-state index >= 15 is 0 Å². The Hall–Kier alpha value is -1.06. The van der Waals surface area contributed by atoms with Crippen molar-refractivity contribution in [2.75, 3.05) is 25.6 Å². The smallest absolute Gasteiger partial charge is 0.0830 e. The van der Waals surface area contributed by atoms with Gasteiger partial charge in [0.1, 0.15) is 0 Å². The quantitative estimate of drug-likeness (QED) is 0.611. The van der Waals surface area contributed by atoms with Crippen LogP contribution in [0.2, 0.25) is 0 Å². The summed E-state index contributed by atoms with van der Waals surface area (Å²) in [7, 11) is 0. The van der Waals surface area contributed by atoms with Crippen molar-refractivity contribution >= 4 is 5.69 Å². The monoisotopic (exact) mass is 221 g/mol. The van der Waals surface area contributed by atoms with E-state index in [9.17, 15) is 0 Å². The molecule has 1 unspecified atom stereocenters. The highest BCUT2D eigenvalue weighted by molar-refractivity contribution is 5.39. The average Bonchev–Trinajstić information content (AvgIpc) is 2.80. The van der Waals surface area contributed by atoms with Crippen molar-refractivity contribution in [3.8, 4) is 0 Å². The van der Waals surface area contributed by atoms with Gasteiger partial charge in [0.2, 0.25) is 0 Å². The second-order valence-electron chi connectivity index (χ2n) is 4.20. The predicted molar refractivity (Wildman–Crippen MR) is 64.4 cm³/mol. The van der Waals surface area contributed by atoms with Crippen LogP contribution in [0.15, 0.2) is 24.3 Å². The van der Waals surface area contributed by atoms with Crippen molar-refractivity contribution in [2.45, 2.75) is 25.4 Å². The maximum absolute atomic E-state index is 5.70. The standard InChI is InChI=1S/C13H19NO2/c14-12-5-3-11(4-6-12)2-1-8-16-13-7-9-15-10-13/h3-6,13H,1-2,7-10,14H2. The lowest BCUT2D eigenvalue weighted by molar-refractivity contribution is 0.0416. The largest absolute Gasteiger partial charge is 0.399 e. The maximum Gasteiger partial charge on any atom is 0.0830 e. The molecule has 0 spiro atoms. The summed E-state index contributed by atoms with van der Waals surface area (Å²) < 4.78 is 10.9. The molecule has 0 bridgehead atoms. The zero-order valence-corrected chi connectivity index (χ0v) is 9.52. The Balaban J connectivity index is 1.62. The van der Waals surface area contributed by atoms with Crippen molar-refractivity contribution in [3.63, 3.8) is 0 Å². The van der Waals surface area contributed by atoms with Gasteiger partial charge in [0, 0.05) is 18.9 Å². The maximum atomic E-state index is 5.70. The lowest BCUT2D eigenvalue weighted by atomic mass is 10.1. The van der Waals surface area contributed by atoms with Crippen molar-refractivity contribution in [1.29, 1.82) is 0 Å². The zero-order valence-electron chi connectivity index (χ0n) is 9.52. The molecule has 0 radical (unpaired) electrons. The third-order valence-corrected chi connectivity index (χ3v) is 2.83. The highest BCUT2D eigenvalue weighted by atomic mass is 16.5. The zero-order chi connectivity index (χ0) is 11.2. The van der Waals surface area contributed by atoms with Crippen LogP contribution in [0.25, 0.3) is 0 Å². The number of aryl methyl sites for hydroxylation is 1. The van der Waals surface area contributed by atoms with Gasteiger partial charge in [-0.3, -0.25) is 0 Å². The number of nitrogen functional groups attached to an aromatic ring is 1. The lowest BCUT2D eigenvalue weighted by Crippen LogP contribution is -2.13. The van der Waals surface area contributed by atoms with Crippen molar-refractivity contribution in [3.05, 3.63) is 29.8 Å². The minimum absolute atomic E-state index is 0.325. The molecule has 0 saturated carbocycles. The summed E-state index contributed by atoms with van der Waals surface area (Å²) in [6.07, 6.45) is 3.47. The predicted octanol–water partition coefficient (Wildman–Crippen LogP) is 2.01. The van der Waals surface area contributed by atoms with Gasteiger partial charge in [-0.15, -0.1) is 0 Å². The first kappa shape index (κ1) is 11.4. The summed E-state index contributed by atoms with van der Waals surface area (Å²) in [5, 5.41) is 0. The van der Waals surface area contributed by atoms with Crippen molar-refractivity contribution in [1.82, 2.24) is 0 Å². The van der Waals surface area contributed by atoms with E-state index in [2.05, 4.69) is 12.1 Å². The van der Waals surface area contributed by atoms with Crippen molar-refractivity contribution in [2.24, 2.45) is 0 Å².